The van der Waals surface area contributed by atoms with Crippen molar-refractivity contribution in [3.8, 4) is 0 Å². The van der Waals surface area contributed by atoms with Crippen LogP contribution in [0.15, 0.2) is 29.2 Å². The van der Waals surface area contributed by atoms with Crippen LogP contribution in [0.1, 0.15) is 18.9 Å². The van der Waals surface area contributed by atoms with E-state index in [4.69, 9.17) is 5.73 Å². The Balaban J connectivity index is 2.46. The summed E-state index contributed by atoms with van der Waals surface area (Å²) in [5.41, 5.74) is 5.22. The molecule has 0 saturated carbocycles. The lowest BCUT2D eigenvalue weighted by Gasteiger charge is -2.07. The molecule has 0 aliphatic carbocycles. The van der Waals surface area contributed by atoms with Gasteiger partial charge in [0.05, 0.1) is 12.6 Å². The van der Waals surface area contributed by atoms with Gasteiger partial charge in [-0.15, -0.1) is 0 Å². The quantitative estimate of drug-likeness (QED) is 0.809. The number of rotatable bonds is 5. The molecular formula is C12H14F2N2O2S. The molecule has 0 heterocycles. The summed E-state index contributed by atoms with van der Waals surface area (Å²) >= 11 is 0.878. The molecule has 1 rings (SSSR count). The highest BCUT2D eigenvalue weighted by molar-refractivity contribution is 8.13. The van der Waals surface area contributed by atoms with E-state index >= 15 is 0 Å². The molecule has 0 bridgehead atoms. The lowest BCUT2D eigenvalue weighted by molar-refractivity contribution is -0.123. The number of amides is 1. The fraction of sp³-hybridized carbons (Fsp3) is 0.333. The molecule has 0 aliphatic rings. The van der Waals surface area contributed by atoms with Gasteiger partial charge in [-0.2, -0.15) is 0 Å². The summed E-state index contributed by atoms with van der Waals surface area (Å²) in [5, 5.41) is 2.08. The molecule has 0 saturated heterocycles. The smallest absolute Gasteiger partial charge is 0.263 e. The first kappa shape index (κ1) is 15.6. The average molecular weight is 288 g/mol. The lowest BCUT2D eigenvalue weighted by Crippen LogP contribution is -2.40. The number of alkyl halides is 2. The summed E-state index contributed by atoms with van der Waals surface area (Å²) in [7, 11) is 0. The molecule has 0 unspecified atom stereocenters. The zero-order chi connectivity index (χ0) is 14.4. The van der Waals surface area contributed by atoms with Crippen LogP contribution in [0.4, 0.5) is 8.78 Å². The first-order chi connectivity index (χ1) is 8.90. The van der Waals surface area contributed by atoms with Crippen molar-refractivity contribution in [1.82, 2.24) is 5.32 Å². The van der Waals surface area contributed by atoms with Gasteiger partial charge in [0.25, 0.3) is 6.43 Å². The fourth-order valence-electron chi connectivity index (χ4n) is 1.17. The van der Waals surface area contributed by atoms with Crippen LogP contribution in [0.25, 0.3) is 0 Å². The fourth-order valence-corrected chi connectivity index (χ4v) is 1.85. The second kappa shape index (κ2) is 7.20. The van der Waals surface area contributed by atoms with E-state index < -0.39 is 18.4 Å². The third kappa shape index (κ3) is 5.35. The third-order valence-corrected chi connectivity index (χ3v) is 3.06. The highest BCUT2D eigenvalue weighted by Crippen LogP contribution is 2.23. The molecule has 1 aromatic carbocycles. The van der Waals surface area contributed by atoms with Gasteiger partial charge in [-0.3, -0.25) is 9.59 Å². The topological polar surface area (TPSA) is 72.2 Å². The minimum absolute atomic E-state index is 0.0953. The Morgan fingerprint density at radius 1 is 1.32 bits per heavy atom. The zero-order valence-electron chi connectivity index (χ0n) is 10.2. The molecule has 3 N–H and O–H groups in total. The van der Waals surface area contributed by atoms with E-state index in [-0.39, 0.29) is 17.2 Å². The Morgan fingerprint density at radius 3 is 2.37 bits per heavy atom. The number of hydrogen-bond donors (Lipinski definition) is 2. The molecule has 1 amide bonds. The van der Waals surface area contributed by atoms with E-state index in [9.17, 15) is 18.4 Å². The van der Waals surface area contributed by atoms with Crippen LogP contribution in [-0.4, -0.2) is 23.6 Å². The van der Waals surface area contributed by atoms with Gasteiger partial charge in [-0.1, -0.05) is 23.9 Å². The molecule has 7 heteroatoms. The van der Waals surface area contributed by atoms with E-state index in [1.54, 1.807) is 0 Å². The first-order valence-electron chi connectivity index (χ1n) is 5.52. The molecular weight excluding hydrogens is 274 g/mol. The van der Waals surface area contributed by atoms with Gasteiger partial charge in [-0.05, 0) is 19.1 Å². The Bertz CT molecular complexity index is 450. The highest BCUT2D eigenvalue weighted by atomic mass is 32.2. The summed E-state index contributed by atoms with van der Waals surface area (Å²) in [5.74, 6) is -0.415. The van der Waals surface area contributed by atoms with Gasteiger partial charge < -0.3 is 11.1 Å². The second-order valence-electron chi connectivity index (χ2n) is 3.85. The Labute approximate surface area is 113 Å². The number of carbonyl (C=O) groups excluding carboxylic acids is 2. The SMILES string of the molecule is C[C@@H](N)C(=O)NCC(=O)Sc1ccc(C(F)F)cc1. The highest BCUT2D eigenvalue weighted by Gasteiger charge is 2.11. The zero-order valence-corrected chi connectivity index (χ0v) is 11.0. The predicted octanol–water partition coefficient (Wildman–Crippen LogP) is 1.71. The van der Waals surface area contributed by atoms with E-state index in [0.717, 1.165) is 11.8 Å². The number of halogens is 2. The van der Waals surface area contributed by atoms with Gasteiger partial charge in [0.2, 0.25) is 11.0 Å². The summed E-state index contributed by atoms with van der Waals surface area (Å²) in [4.78, 5) is 23.2. The van der Waals surface area contributed by atoms with Crippen molar-refractivity contribution in [2.24, 2.45) is 5.73 Å². The standard InChI is InChI=1S/C12H14F2N2O2S/c1-7(15)12(18)16-6-10(17)19-9-4-2-8(3-5-9)11(13)14/h2-5,7,11H,6,15H2,1H3,(H,16,18)/t7-/m1/s1. The molecule has 1 aromatic rings. The predicted molar refractivity (Wildman–Crippen MR) is 68.9 cm³/mol. The molecule has 1 atom stereocenters. The van der Waals surface area contributed by atoms with Crippen molar-refractivity contribution >= 4 is 22.8 Å². The Morgan fingerprint density at radius 2 is 1.89 bits per heavy atom. The van der Waals surface area contributed by atoms with Crippen molar-refractivity contribution < 1.29 is 18.4 Å². The van der Waals surface area contributed by atoms with Crippen molar-refractivity contribution in [3.63, 3.8) is 0 Å². The number of benzene rings is 1. The molecule has 0 spiro atoms. The normalized spacial score (nSPS) is 12.3. The van der Waals surface area contributed by atoms with Crippen LogP contribution in [0, 0.1) is 0 Å². The Kier molecular flexibility index (Phi) is 5.91. The van der Waals surface area contributed by atoms with Crippen LogP contribution in [0.2, 0.25) is 0 Å². The van der Waals surface area contributed by atoms with E-state index in [1.165, 1.54) is 31.2 Å². The minimum atomic E-state index is -2.53. The maximum atomic E-state index is 12.3. The van der Waals surface area contributed by atoms with Crippen LogP contribution in [0.5, 0.6) is 0 Å². The molecule has 0 aliphatic heterocycles. The van der Waals surface area contributed by atoms with Gasteiger partial charge in [0.15, 0.2) is 0 Å². The van der Waals surface area contributed by atoms with Crippen LogP contribution < -0.4 is 11.1 Å². The van der Waals surface area contributed by atoms with E-state index in [1.807, 2.05) is 0 Å². The summed E-state index contributed by atoms with van der Waals surface area (Å²) in [6.45, 7) is 1.36. The van der Waals surface area contributed by atoms with E-state index in [2.05, 4.69) is 5.32 Å². The minimum Gasteiger partial charge on any atom is -0.347 e. The van der Waals surface area contributed by atoms with Crippen molar-refractivity contribution in [1.29, 1.82) is 0 Å². The third-order valence-electron chi connectivity index (χ3n) is 2.18. The number of thioether (sulfide) groups is 1. The summed E-state index contributed by atoms with van der Waals surface area (Å²) in [6.07, 6.45) is -2.53. The van der Waals surface area contributed by atoms with Gasteiger partial charge in [-0.25, -0.2) is 8.78 Å². The molecule has 104 valence electrons. The molecule has 4 nitrogen and oxygen atoms in total. The summed E-state index contributed by atoms with van der Waals surface area (Å²) in [6, 6.07) is 4.74. The molecule has 0 aromatic heterocycles. The molecule has 0 radical (unpaired) electrons. The Hall–Kier alpha value is -1.47. The van der Waals surface area contributed by atoms with Crippen molar-refractivity contribution in [2.45, 2.75) is 24.3 Å². The number of nitrogens with one attached hydrogen (secondary N) is 1. The maximum absolute atomic E-state index is 12.3. The van der Waals surface area contributed by atoms with Crippen LogP contribution in [0.3, 0.4) is 0 Å². The lowest BCUT2D eigenvalue weighted by atomic mass is 10.2. The molecule has 0 fully saturated rings. The number of hydrogen-bond acceptors (Lipinski definition) is 4. The van der Waals surface area contributed by atoms with E-state index in [0.29, 0.717) is 4.90 Å². The second-order valence-corrected chi connectivity index (χ2v) is 4.98. The number of nitrogens with two attached hydrogens (primary N) is 1. The first-order valence-corrected chi connectivity index (χ1v) is 6.34. The van der Waals surface area contributed by atoms with Gasteiger partial charge >= 0.3 is 0 Å². The summed E-state index contributed by atoms with van der Waals surface area (Å²) < 4.78 is 24.6. The molecule has 19 heavy (non-hydrogen) atoms. The van der Waals surface area contributed by atoms with Crippen molar-refractivity contribution in [3.05, 3.63) is 29.8 Å². The largest absolute Gasteiger partial charge is 0.347 e. The van der Waals surface area contributed by atoms with Gasteiger partial charge in [0.1, 0.15) is 0 Å². The monoisotopic (exact) mass is 288 g/mol. The average Bonchev–Trinajstić information content (AvgIpc) is 2.36. The number of carbonyl (C=O) groups is 2. The van der Waals surface area contributed by atoms with Gasteiger partial charge in [0, 0.05) is 10.5 Å². The van der Waals surface area contributed by atoms with Crippen molar-refractivity contribution in [2.75, 3.05) is 6.54 Å². The van der Waals surface area contributed by atoms with Crippen LogP contribution >= 0.6 is 11.8 Å². The maximum Gasteiger partial charge on any atom is 0.263 e. The van der Waals surface area contributed by atoms with Crippen LogP contribution in [-0.2, 0) is 9.59 Å².